The molecule has 0 saturated heterocycles. The molecule has 3 N–H and O–H groups in total. The number of hydrogen-bond donors (Lipinski definition) is 3. The second-order valence-electron chi connectivity index (χ2n) is 18.2. The molecular weight excluding hydrogens is 731 g/mol. The lowest BCUT2D eigenvalue weighted by molar-refractivity contribution is -0.143. The zero-order valence-electron chi connectivity index (χ0n) is 39.7. The second-order valence-corrected chi connectivity index (χ2v) is 18.2. The number of carbonyl (C=O) groups is 2. The Balaban J connectivity index is 3.45. The van der Waals surface area contributed by atoms with Gasteiger partial charge in [0.25, 0.3) is 0 Å². The van der Waals surface area contributed by atoms with Crippen molar-refractivity contribution in [3.8, 4) is 0 Å². The van der Waals surface area contributed by atoms with Gasteiger partial charge in [-0.15, -0.1) is 0 Å². The van der Waals surface area contributed by atoms with Gasteiger partial charge in [0.05, 0.1) is 25.4 Å². The number of aliphatic hydroxyl groups is 2. The van der Waals surface area contributed by atoms with Crippen molar-refractivity contribution in [3.63, 3.8) is 0 Å². The Labute approximate surface area is 368 Å². The standard InChI is InChI=1S/C53H103NO5/c1-3-5-7-9-11-13-15-17-18-19-22-25-29-33-37-41-45-51(56)50(49-55)54-52(57)46-42-38-34-30-26-23-20-24-28-32-36-40-44-48-59-53(58)47-43-39-35-31-27-21-16-14-12-10-8-6-4-2/h14,16,50-51,55-56H,3-13,15,17-49H2,1-2H3,(H,54,57)/b16-14-. The maximum atomic E-state index is 12.5. The number of amides is 1. The zero-order chi connectivity index (χ0) is 43.0. The quantitative estimate of drug-likeness (QED) is 0.0322. The van der Waals surface area contributed by atoms with Crippen LogP contribution >= 0.6 is 0 Å². The van der Waals surface area contributed by atoms with Gasteiger partial charge in [-0.05, 0) is 51.4 Å². The first kappa shape index (κ1) is 57.6. The normalized spacial score (nSPS) is 12.7. The molecule has 0 spiro atoms. The highest BCUT2D eigenvalue weighted by molar-refractivity contribution is 5.76. The van der Waals surface area contributed by atoms with Crippen LogP contribution in [0.2, 0.25) is 0 Å². The Bertz CT molecular complexity index is 878. The van der Waals surface area contributed by atoms with E-state index in [1.807, 2.05) is 0 Å². The molecule has 2 unspecified atom stereocenters. The molecule has 6 heteroatoms. The summed E-state index contributed by atoms with van der Waals surface area (Å²) in [6.07, 6.45) is 56.0. The lowest BCUT2D eigenvalue weighted by Gasteiger charge is -2.22. The van der Waals surface area contributed by atoms with E-state index in [9.17, 15) is 19.8 Å². The fraction of sp³-hybridized carbons (Fsp3) is 0.925. The van der Waals surface area contributed by atoms with Crippen LogP contribution in [0.5, 0.6) is 0 Å². The van der Waals surface area contributed by atoms with Gasteiger partial charge in [-0.3, -0.25) is 9.59 Å². The largest absolute Gasteiger partial charge is 0.466 e. The summed E-state index contributed by atoms with van der Waals surface area (Å²) in [7, 11) is 0. The summed E-state index contributed by atoms with van der Waals surface area (Å²) in [4.78, 5) is 24.5. The summed E-state index contributed by atoms with van der Waals surface area (Å²) in [5.74, 6) is -0.0608. The number of carbonyl (C=O) groups excluding carboxylic acids is 2. The van der Waals surface area contributed by atoms with Gasteiger partial charge >= 0.3 is 5.97 Å². The maximum Gasteiger partial charge on any atom is 0.305 e. The van der Waals surface area contributed by atoms with Crippen LogP contribution < -0.4 is 5.32 Å². The Morgan fingerprint density at radius 3 is 1.22 bits per heavy atom. The van der Waals surface area contributed by atoms with Crippen LogP contribution in [-0.4, -0.2) is 47.4 Å². The number of hydrogen-bond acceptors (Lipinski definition) is 5. The Kier molecular flexibility index (Phi) is 48.1. The van der Waals surface area contributed by atoms with E-state index < -0.39 is 12.1 Å². The smallest absolute Gasteiger partial charge is 0.305 e. The highest BCUT2D eigenvalue weighted by Crippen LogP contribution is 2.17. The molecule has 0 aliphatic rings. The van der Waals surface area contributed by atoms with Crippen molar-refractivity contribution < 1.29 is 24.5 Å². The lowest BCUT2D eigenvalue weighted by atomic mass is 10.0. The summed E-state index contributed by atoms with van der Waals surface area (Å²) in [5, 5.41) is 23.2. The van der Waals surface area contributed by atoms with Gasteiger partial charge in [-0.25, -0.2) is 0 Å². The first-order valence-corrected chi connectivity index (χ1v) is 26.4. The molecule has 0 aromatic rings. The molecule has 0 rings (SSSR count). The van der Waals surface area contributed by atoms with Gasteiger partial charge in [-0.2, -0.15) is 0 Å². The molecule has 0 heterocycles. The van der Waals surface area contributed by atoms with Gasteiger partial charge in [0.15, 0.2) is 0 Å². The van der Waals surface area contributed by atoms with Gasteiger partial charge in [-0.1, -0.05) is 238 Å². The number of allylic oxidation sites excluding steroid dienone is 2. The molecule has 0 aromatic carbocycles. The van der Waals surface area contributed by atoms with Crippen LogP contribution in [0.1, 0.15) is 290 Å². The maximum absolute atomic E-state index is 12.5. The van der Waals surface area contributed by atoms with Crippen molar-refractivity contribution in [1.29, 1.82) is 0 Å². The van der Waals surface area contributed by atoms with Crippen molar-refractivity contribution in [2.45, 2.75) is 302 Å². The molecule has 0 fully saturated rings. The topological polar surface area (TPSA) is 95.9 Å². The Morgan fingerprint density at radius 1 is 0.458 bits per heavy atom. The highest BCUT2D eigenvalue weighted by Gasteiger charge is 2.20. The molecule has 0 radical (unpaired) electrons. The van der Waals surface area contributed by atoms with Crippen molar-refractivity contribution >= 4 is 11.9 Å². The summed E-state index contributed by atoms with van der Waals surface area (Å²) in [6, 6.07) is -0.550. The van der Waals surface area contributed by atoms with Gasteiger partial charge in [0.1, 0.15) is 0 Å². The molecule has 6 nitrogen and oxygen atoms in total. The van der Waals surface area contributed by atoms with Crippen molar-refractivity contribution in [1.82, 2.24) is 5.32 Å². The van der Waals surface area contributed by atoms with Crippen LogP contribution in [0.15, 0.2) is 12.2 Å². The lowest BCUT2D eigenvalue weighted by Crippen LogP contribution is -2.45. The van der Waals surface area contributed by atoms with Crippen LogP contribution in [0.4, 0.5) is 0 Å². The monoisotopic (exact) mass is 834 g/mol. The van der Waals surface area contributed by atoms with Crippen molar-refractivity contribution in [2.75, 3.05) is 13.2 Å². The van der Waals surface area contributed by atoms with E-state index in [2.05, 4.69) is 31.3 Å². The minimum absolute atomic E-state index is 0.0143. The molecule has 0 aromatic heterocycles. The highest BCUT2D eigenvalue weighted by atomic mass is 16.5. The molecule has 350 valence electrons. The van der Waals surface area contributed by atoms with E-state index in [0.29, 0.717) is 25.9 Å². The molecule has 59 heavy (non-hydrogen) atoms. The van der Waals surface area contributed by atoms with E-state index in [-0.39, 0.29) is 18.5 Å². The molecule has 2 atom stereocenters. The zero-order valence-corrected chi connectivity index (χ0v) is 39.7. The number of aliphatic hydroxyl groups excluding tert-OH is 2. The Morgan fingerprint density at radius 2 is 0.797 bits per heavy atom. The molecule has 0 bridgehead atoms. The van der Waals surface area contributed by atoms with Crippen LogP contribution in [-0.2, 0) is 14.3 Å². The number of nitrogens with one attached hydrogen (secondary N) is 1. The number of rotatable bonds is 49. The van der Waals surface area contributed by atoms with E-state index in [1.54, 1.807) is 0 Å². The van der Waals surface area contributed by atoms with E-state index >= 15 is 0 Å². The van der Waals surface area contributed by atoms with Crippen LogP contribution in [0, 0.1) is 0 Å². The van der Waals surface area contributed by atoms with E-state index in [0.717, 1.165) is 51.4 Å². The van der Waals surface area contributed by atoms with E-state index in [4.69, 9.17) is 4.74 Å². The van der Waals surface area contributed by atoms with Gasteiger partial charge < -0.3 is 20.3 Å². The average Bonchev–Trinajstić information content (AvgIpc) is 3.24. The van der Waals surface area contributed by atoms with Crippen molar-refractivity contribution in [3.05, 3.63) is 12.2 Å². The number of unbranched alkanes of at least 4 members (excludes halogenated alkanes) is 36. The summed E-state index contributed by atoms with van der Waals surface area (Å²) in [5.41, 5.74) is 0. The third kappa shape index (κ3) is 45.9. The molecule has 0 aliphatic heterocycles. The second kappa shape index (κ2) is 49.3. The first-order chi connectivity index (χ1) is 29.0. The van der Waals surface area contributed by atoms with Crippen LogP contribution in [0.25, 0.3) is 0 Å². The fourth-order valence-electron chi connectivity index (χ4n) is 8.22. The number of ether oxygens (including phenoxy) is 1. The third-order valence-electron chi connectivity index (χ3n) is 12.3. The molecular formula is C53H103NO5. The van der Waals surface area contributed by atoms with Crippen LogP contribution in [0.3, 0.4) is 0 Å². The SMILES string of the molecule is CCCCCC/C=C\CCCCCCCC(=O)OCCCCCCCCCCCCCCCC(=O)NC(CO)C(O)CCCCCCCCCCCCCCCCCC. The average molecular weight is 834 g/mol. The minimum atomic E-state index is -0.672. The predicted octanol–water partition coefficient (Wildman–Crippen LogP) is 15.7. The minimum Gasteiger partial charge on any atom is -0.466 e. The Hall–Kier alpha value is -1.40. The molecule has 0 saturated carbocycles. The predicted molar refractivity (Wildman–Crippen MR) is 255 cm³/mol. The summed E-state index contributed by atoms with van der Waals surface area (Å²) >= 11 is 0. The first-order valence-electron chi connectivity index (χ1n) is 26.4. The van der Waals surface area contributed by atoms with E-state index in [1.165, 1.54) is 205 Å². The summed E-state index contributed by atoms with van der Waals surface area (Å²) in [6.45, 7) is 4.92. The van der Waals surface area contributed by atoms with Gasteiger partial charge in [0, 0.05) is 12.8 Å². The summed E-state index contributed by atoms with van der Waals surface area (Å²) < 4.78 is 5.45. The molecule has 1 amide bonds. The van der Waals surface area contributed by atoms with Crippen molar-refractivity contribution in [2.24, 2.45) is 0 Å². The van der Waals surface area contributed by atoms with Gasteiger partial charge in [0.2, 0.25) is 5.91 Å². The number of esters is 1. The fourth-order valence-corrected chi connectivity index (χ4v) is 8.22. The molecule has 0 aliphatic carbocycles. The third-order valence-corrected chi connectivity index (χ3v) is 12.3.